The van der Waals surface area contributed by atoms with Gasteiger partial charge in [0.25, 0.3) is 0 Å². The number of nitrogens with zero attached hydrogens (tertiary/aromatic N) is 1. The normalized spacial score (nSPS) is 18.1. The van der Waals surface area contributed by atoms with Crippen molar-refractivity contribution in [3.05, 3.63) is 57.8 Å². The van der Waals surface area contributed by atoms with E-state index in [9.17, 15) is 10.1 Å². The van der Waals surface area contributed by atoms with Crippen molar-refractivity contribution in [2.24, 2.45) is 5.73 Å². The fraction of sp³-hybridized carbons (Fsp3) is 0.333. The maximum Gasteiger partial charge on any atom is 0.213 e. The van der Waals surface area contributed by atoms with Crippen molar-refractivity contribution >= 4 is 17.4 Å². The van der Waals surface area contributed by atoms with Crippen molar-refractivity contribution in [3.8, 4) is 6.07 Å². The molecule has 2 rings (SSSR count). The molecule has 1 aromatic rings. The van der Waals surface area contributed by atoms with Crippen LogP contribution in [0.1, 0.15) is 38.2 Å². The number of halogens is 1. The second-order valence-electron chi connectivity index (χ2n) is 5.28. The molecule has 1 atom stereocenters. The van der Waals surface area contributed by atoms with Gasteiger partial charge in [-0.25, -0.2) is 0 Å². The Morgan fingerprint density at radius 1 is 1.33 bits per heavy atom. The van der Waals surface area contributed by atoms with E-state index in [1.54, 1.807) is 31.2 Å². The summed E-state index contributed by atoms with van der Waals surface area (Å²) < 4.78 is 11.2. The quantitative estimate of drug-likeness (QED) is 0.877. The highest BCUT2D eigenvalue weighted by Crippen LogP contribution is 2.35. The molecule has 0 saturated heterocycles. The lowest BCUT2D eigenvalue weighted by Gasteiger charge is -2.16. The SMILES string of the molecule is CCCC1=C(OCC)C(=O)C(c2ccc(Cl)cc2)C(C#N)=C(N)O1. The van der Waals surface area contributed by atoms with E-state index in [1.807, 2.05) is 13.0 Å². The summed E-state index contributed by atoms with van der Waals surface area (Å²) in [5.41, 5.74) is 6.64. The lowest BCUT2D eigenvalue weighted by Crippen LogP contribution is -2.19. The lowest BCUT2D eigenvalue weighted by atomic mass is 9.87. The van der Waals surface area contributed by atoms with E-state index in [4.69, 9.17) is 26.8 Å². The number of Topliss-reactive ketones (excluding diaryl/α,β-unsaturated/α-hetero) is 1. The molecule has 1 aromatic carbocycles. The van der Waals surface area contributed by atoms with Gasteiger partial charge < -0.3 is 15.2 Å². The van der Waals surface area contributed by atoms with Gasteiger partial charge in [0.2, 0.25) is 17.4 Å². The molecule has 1 heterocycles. The number of carbonyl (C=O) groups excluding carboxylic acids is 1. The van der Waals surface area contributed by atoms with Gasteiger partial charge in [0, 0.05) is 11.4 Å². The average Bonchev–Trinajstić information content (AvgIpc) is 2.66. The molecule has 6 heteroatoms. The van der Waals surface area contributed by atoms with Crippen molar-refractivity contribution in [1.29, 1.82) is 5.26 Å². The Labute approximate surface area is 146 Å². The van der Waals surface area contributed by atoms with E-state index < -0.39 is 5.92 Å². The number of benzene rings is 1. The molecule has 2 N–H and O–H groups in total. The van der Waals surface area contributed by atoms with Gasteiger partial charge in [-0.15, -0.1) is 0 Å². The van der Waals surface area contributed by atoms with Crippen LogP contribution in [0.4, 0.5) is 0 Å². The van der Waals surface area contributed by atoms with Gasteiger partial charge in [0.15, 0.2) is 5.76 Å². The van der Waals surface area contributed by atoms with Crippen LogP contribution in [0.2, 0.25) is 5.02 Å². The summed E-state index contributed by atoms with van der Waals surface area (Å²) in [7, 11) is 0. The smallest absolute Gasteiger partial charge is 0.213 e. The zero-order chi connectivity index (χ0) is 17.7. The second-order valence-corrected chi connectivity index (χ2v) is 5.71. The van der Waals surface area contributed by atoms with Crippen LogP contribution in [0.15, 0.2) is 47.2 Å². The Morgan fingerprint density at radius 2 is 2.00 bits per heavy atom. The summed E-state index contributed by atoms with van der Waals surface area (Å²) in [5, 5.41) is 10.1. The third-order valence-corrected chi connectivity index (χ3v) is 3.87. The Balaban J connectivity index is 2.61. The molecule has 0 fully saturated rings. The van der Waals surface area contributed by atoms with Crippen molar-refractivity contribution in [1.82, 2.24) is 0 Å². The van der Waals surface area contributed by atoms with Gasteiger partial charge in [0.1, 0.15) is 11.6 Å². The van der Waals surface area contributed by atoms with Crippen molar-refractivity contribution in [2.75, 3.05) is 6.61 Å². The van der Waals surface area contributed by atoms with Crippen LogP contribution in [0.25, 0.3) is 0 Å². The Bertz CT molecular complexity index is 730. The number of hydrogen-bond acceptors (Lipinski definition) is 5. The minimum atomic E-state index is -0.872. The van der Waals surface area contributed by atoms with Crippen LogP contribution in [0.3, 0.4) is 0 Å². The van der Waals surface area contributed by atoms with Crippen LogP contribution in [-0.2, 0) is 14.3 Å². The van der Waals surface area contributed by atoms with Crippen LogP contribution in [-0.4, -0.2) is 12.4 Å². The van der Waals surface area contributed by atoms with E-state index in [1.165, 1.54) is 0 Å². The van der Waals surface area contributed by atoms with E-state index in [-0.39, 0.29) is 23.0 Å². The molecule has 0 bridgehead atoms. The molecule has 0 saturated carbocycles. The standard InChI is InChI=1S/C18H19ClN2O3/c1-3-5-14-17(23-4-2)16(22)15(13(10-20)18(21)24-14)11-6-8-12(19)9-7-11/h6-9,15H,3-5,21H2,1-2H3. The summed E-state index contributed by atoms with van der Waals surface area (Å²) in [6, 6.07) is 8.73. The highest BCUT2D eigenvalue weighted by atomic mass is 35.5. The molecule has 1 aliphatic heterocycles. The highest BCUT2D eigenvalue weighted by Gasteiger charge is 2.36. The molecule has 0 spiro atoms. The van der Waals surface area contributed by atoms with Crippen LogP contribution in [0.5, 0.6) is 0 Å². The number of allylic oxidation sites excluding steroid dienone is 3. The molecule has 0 amide bonds. The molecule has 1 aliphatic rings. The third-order valence-electron chi connectivity index (χ3n) is 3.62. The molecule has 5 nitrogen and oxygen atoms in total. The van der Waals surface area contributed by atoms with Crippen LogP contribution in [0, 0.1) is 11.3 Å². The van der Waals surface area contributed by atoms with Crippen LogP contribution >= 0.6 is 11.6 Å². The second kappa shape index (κ2) is 7.89. The first-order valence-electron chi connectivity index (χ1n) is 7.76. The predicted molar refractivity (Wildman–Crippen MR) is 90.7 cm³/mol. The number of carbonyl (C=O) groups is 1. The predicted octanol–water partition coefficient (Wildman–Crippen LogP) is 3.76. The Hall–Kier alpha value is -2.45. The van der Waals surface area contributed by atoms with E-state index in [0.29, 0.717) is 29.4 Å². The highest BCUT2D eigenvalue weighted by molar-refractivity contribution is 6.30. The molecule has 1 unspecified atom stereocenters. The molecule has 0 aliphatic carbocycles. The maximum absolute atomic E-state index is 13.1. The van der Waals surface area contributed by atoms with Gasteiger partial charge in [-0.1, -0.05) is 30.7 Å². The molecule has 126 valence electrons. The summed E-state index contributed by atoms with van der Waals surface area (Å²) in [6.07, 6.45) is 1.24. The molecular formula is C18H19ClN2O3. The van der Waals surface area contributed by atoms with E-state index >= 15 is 0 Å². The minimum absolute atomic E-state index is 0.0658. The van der Waals surface area contributed by atoms with Gasteiger partial charge in [0.05, 0.1) is 12.5 Å². The zero-order valence-electron chi connectivity index (χ0n) is 13.6. The average molecular weight is 347 g/mol. The van der Waals surface area contributed by atoms with Gasteiger partial charge in [-0.3, -0.25) is 4.79 Å². The Kier molecular flexibility index (Phi) is 5.88. The topological polar surface area (TPSA) is 85.3 Å². The first kappa shape index (κ1) is 17.9. The van der Waals surface area contributed by atoms with Gasteiger partial charge in [-0.05, 0) is 31.0 Å². The number of ether oxygens (including phenoxy) is 2. The summed E-state index contributed by atoms with van der Waals surface area (Å²) in [6.45, 7) is 4.05. The number of nitriles is 1. The van der Waals surface area contributed by atoms with Gasteiger partial charge in [-0.2, -0.15) is 5.26 Å². The first-order valence-corrected chi connectivity index (χ1v) is 8.14. The first-order chi connectivity index (χ1) is 11.5. The van der Waals surface area contributed by atoms with Crippen molar-refractivity contribution in [2.45, 2.75) is 32.6 Å². The third kappa shape index (κ3) is 3.55. The summed E-state index contributed by atoms with van der Waals surface area (Å²) in [5.74, 6) is -0.773. The largest absolute Gasteiger partial charge is 0.487 e. The minimum Gasteiger partial charge on any atom is -0.487 e. The summed E-state index contributed by atoms with van der Waals surface area (Å²) in [4.78, 5) is 13.1. The molecular weight excluding hydrogens is 328 g/mol. The number of rotatable bonds is 5. The van der Waals surface area contributed by atoms with Crippen molar-refractivity contribution < 1.29 is 14.3 Å². The van der Waals surface area contributed by atoms with Crippen LogP contribution < -0.4 is 5.73 Å². The number of nitrogens with two attached hydrogens (primary N) is 1. The van der Waals surface area contributed by atoms with E-state index in [0.717, 1.165) is 6.42 Å². The molecule has 0 aromatic heterocycles. The fourth-order valence-corrected chi connectivity index (χ4v) is 2.68. The molecule has 24 heavy (non-hydrogen) atoms. The summed E-state index contributed by atoms with van der Waals surface area (Å²) >= 11 is 5.92. The number of hydrogen-bond donors (Lipinski definition) is 1. The van der Waals surface area contributed by atoms with Crippen molar-refractivity contribution in [3.63, 3.8) is 0 Å². The lowest BCUT2D eigenvalue weighted by molar-refractivity contribution is -0.119. The maximum atomic E-state index is 13.1. The fourth-order valence-electron chi connectivity index (χ4n) is 2.56. The van der Waals surface area contributed by atoms with E-state index in [2.05, 4.69) is 0 Å². The Morgan fingerprint density at radius 3 is 2.54 bits per heavy atom. The zero-order valence-corrected chi connectivity index (χ0v) is 14.4. The monoisotopic (exact) mass is 346 g/mol. The van der Waals surface area contributed by atoms with Gasteiger partial charge >= 0.3 is 0 Å². The number of ketones is 1. The molecule has 0 radical (unpaired) electrons.